The molecule has 1 aliphatic rings. The lowest BCUT2D eigenvalue weighted by molar-refractivity contribution is 0.236. The summed E-state index contributed by atoms with van der Waals surface area (Å²) in [6, 6.07) is 2.82. The molecule has 0 saturated carbocycles. The predicted molar refractivity (Wildman–Crippen MR) is 65.3 cm³/mol. The van der Waals surface area contributed by atoms with Crippen molar-refractivity contribution in [2.75, 3.05) is 11.5 Å². The number of hydrogen-bond donors (Lipinski definition) is 2. The van der Waals surface area contributed by atoms with E-state index in [1.165, 1.54) is 12.1 Å². The first-order chi connectivity index (χ1) is 8.12. The van der Waals surface area contributed by atoms with Crippen molar-refractivity contribution >= 4 is 21.8 Å². The Kier molecular flexibility index (Phi) is 4.13. The van der Waals surface area contributed by atoms with Gasteiger partial charge in [-0.3, -0.25) is 0 Å². The van der Waals surface area contributed by atoms with Gasteiger partial charge in [0.05, 0.1) is 0 Å². The smallest absolute Gasteiger partial charge is 0.274 e. The Morgan fingerprint density at radius 3 is 2.71 bits per heavy atom. The number of aliphatic hydroxyl groups excluding tert-OH is 1. The number of aliphatic hydroxyl groups is 1. The van der Waals surface area contributed by atoms with Crippen molar-refractivity contribution in [2.45, 2.75) is 30.6 Å². The monoisotopic (exact) mass is 277 g/mol. The fourth-order valence-corrected chi connectivity index (χ4v) is 4.04. The first-order valence-corrected chi connectivity index (χ1v) is 8.05. The Morgan fingerprint density at radius 1 is 1.41 bits per heavy atom. The van der Waals surface area contributed by atoms with E-state index in [1.807, 2.05) is 11.8 Å². The van der Waals surface area contributed by atoms with Crippen LogP contribution in [0.25, 0.3) is 0 Å². The Labute approximate surface area is 105 Å². The van der Waals surface area contributed by atoms with Crippen LogP contribution < -0.4 is 4.72 Å². The van der Waals surface area contributed by atoms with E-state index in [0.717, 1.165) is 24.3 Å². The molecule has 1 aliphatic heterocycles. The quantitative estimate of drug-likeness (QED) is 0.856. The molecule has 96 valence electrons. The summed E-state index contributed by atoms with van der Waals surface area (Å²) >= 11 is 1.84. The second kappa shape index (κ2) is 5.43. The van der Waals surface area contributed by atoms with Crippen LogP contribution >= 0.6 is 11.8 Å². The number of hydrogen-bond acceptors (Lipinski definition) is 5. The highest BCUT2D eigenvalue weighted by atomic mass is 32.2. The lowest BCUT2D eigenvalue weighted by atomic mass is 10.2. The predicted octanol–water partition coefficient (Wildman–Crippen LogP) is 0.946. The zero-order valence-electron chi connectivity index (χ0n) is 9.26. The van der Waals surface area contributed by atoms with Crippen molar-refractivity contribution < 1.29 is 17.9 Å². The lowest BCUT2D eigenvalue weighted by Crippen LogP contribution is -2.37. The molecule has 0 atom stereocenters. The maximum Gasteiger partial charge on any atom is 0.274 e. The minimum atomic E-state index is -3.59. The van der Waals surface area contributed by atoms with Crippen molar-refractivity contribution in [3.63, 3.8) is 0 Å². The third-order valence-electron chi connectivity index (χ3n) is 2.60. The summed E-state index contributed by atoms with van der Waals surface area (Å²) in [6.45, 7) is -0.296. The summed E-state index contributed by atoms with van der Waals surface area (Å²) < 4.78 is 31.5. The summed E-state index contributed by atoms with van der Waals surface area (Å²) in [5, 5.41) is 8.70. The van der Waals surface area contributed by atoms with E-state index in [2.05, 4.69) is 4.72 Å². The average molecular weight is 277 g/mol. The highest BCUT2D eigenvalue weighted by Gasteiger charge is 2.24. The van der Waals surface area contributed by atoms with Crippen LogP contribution in [0.15, 0.2) is 21.6 Å². The van der Waals surface area contributed by atoms with E-state index in [4.69, 9.17) is 9.52 Å². The largest absolute Gasteiger partial charge is 0.446 e. The molecule has 7 heteroatoms. The molecular weight excluding hydrogens is 262 g/mol. The molecule has 2 heterocycles. The molecule has 0 aliphatic carbocycles. The van der Waals surface area contributed by atoms with E-state index in [0.29, 0.717) is 0 Å². The zero-order valence-corrected chi connectivity index (χ0v) is 10.9. The van der Waals surface area contributed by atoms with Crippen molar-refractivity contribution in [2.24, 2.45) is 0 Å². The maximum absolute atomic E-state index is 11.9. The molecule has 0 aromatic carbocycles. The Hall–Kier alpha value is -0.500. The van der Waals surface area contributed by atoms with Gasteiger partial charge in [-0.2, -0.15) is 11.8 Å². The van der Waals surface area contributed by atoms with Crippen LogP contribution in [-0.4, -0.2) is 31.1 Å². The summed E-state index contributed by atoms with van der Waals surface area (Å²) in [5.74, 6) is 2.21. The molecule has 2 rings (SSSR count). The number of rotatable bonds is 4. The molecule has 1 aromatic rings. The summed E-state index contributed by atoms with van der Waals surface area (Å²) in [6.07, 6.45) is 1.69. The van der Waals surface area contributed by atoms with Crippen molar-refractivity contribution in [1.82, 2.24) is 4.72 Å². The van der Waals surface area contributed by atoms with Crippen LogP contribution in [-0.2, 0) is 16.6 Å². The molecule has 1 aromatic heterocycles. The van der Waals surface area contributed by atoms with Gasteiger partial charge in [0.1, 0.15) is 12.4 Å². The van der Waals surface area contributed by atoms with Gasteiger partial charge in [0.2, 0.25) is 5.09 Å². The van der Waals surface area contributed by atoms with Crippen LogP contribution in [0, 0.1) is 0 Å². The maximum atomic E-state index is 11.9. The lowest BCUT2D eigenvalue weighted by Gasteiger charge is -2.21. The SMILES string of the molecule is O=S(=O)(NC1CCSCC1)c1ccc(CO)o1. The van der Waals surface area contributed by atoms with Crippen LogP contribution in [0.5, 0.6) is 0 Å². The molecule has 0 unspecified atom stereocenters. The summed E-state index contributed by atoms with van der Waals surface area (Å²) in [5.41, 5.74) is 0. The van der Waals surface area contributed by atoms with Gasteiger partial charge < -0.3 is 9.52 Å². The topological polar surface area (TPSA) is 79.5 Å². The zero-order chi connectivity index (χ0) is 12.3. The molecule has 1 saturated heterocycles. The molecule has 0 amide bonds. The first-order valence-electron chi connectivity index (χ1n) is 5.41. The molecule has 0 bridgehead atoms. The van der Waals surface area contributed by atoms with Gasteiger partial charge in [-0.25, -0.2) is 13.1 Å². The van der Waals surface area contributed by atoms with Gasteiger partial charge in [0, 0.05) is 6.04 Å². The number of thioether (sulfide) groups is 1. The number of nitrogens with one attached hydrogen (secondary N) is 1. The molecule has 1 fully saturated rings. The highest BCUT2D eigenvalue weighted by molar-refractivity contribution is 7.99. The third kappa shape index (κ3) is 3.25. The minimum Gasteiger partial charge on any atom is -0.446 e. The first kappa shape index (κ1) is 12.9. The number of furan rings is 1. The normalized spacial score (nSPS) is 18.4. The Balaban J connectivity index is 2.07. The summed E-state index contributed by atoms with van der Waals surface area (Å²) in [7, 11) is -3.59. The standard InChI is InChI=1S/C10H15NO4S2/c12-7-9-1-2-10(15-9)17(13,14)11-8-3-5-16-6-4-8/h1-2,8,11-12H,3-7H2. The fraction of sp³-hybridized carbons (Fsp3) is 0.600. The molecule has 5 nitrogen and oxygen atoms in total. The van der Waals surface area contributed by atoms with E-state index < -0.39 is 10.0 Å². The second-order valence-electron chi connectivity index (χ2n) is 3.89. The molecule has 17 heavy (non-hydrogen) atoms. The van der Waals surface area contributed by atoms with Gasteiger partial charge in [-0.05, 0) is 36.5 Å². The number of sulfonamides is 1. The van der Waals surface area contributed by atoms with Gasteiger partial charge in [-0.1, -0.05) is 0 Å². The van der Waals surface area contributed by atoms with Crippen molar-refractivity contribution in [3.05, 3.63) is 17.9 Å². The average Bonchev–Trinajstić information content (AvgIpc) is 2.79. The van der Waals surface area contributed by atoms with E-state index in [9.17, 15) is 8.42 Å². The van der Waals surface area contributed by atoms with Crippen LogP contribution in [0.4, 0.5) is 0 Å². The third-order valence-corrected chi connectivity index (χ3v) is 5.04. The van der Waals surface area contributed by atoms with Gasteiger partial charge in [-0.15, -0.1) is 0 Å². The van der Waals surface area contributed by atoms with E-state index in [1.54, 1.807) is 0 Å². The van der Waals surface area contributed by atoms with Crippen LogP contribution in [0.2, 0.25) is 0 Å². The van der Waals surface area contributed by atoms with Crippen molar-refractivity contribution in [1.29, 1.82) is 0 Å². The van der Waals surface area contributed by atoms with E-state index >= 15 is 0 Å². The Bertz CT molecular complexity index is 462. The van der Waals surface area contributed by atoms with Crippen molar-refractivity contribution in [3.8, 4) is 0 Å². The van der Waals surface area contributed by atoms with Gasteiger partial charge >= 0.3 is 0 Å². The molecule has 0 spiro atoms. The molecular formula is C10H15NO4S2. The summed E-state index contributed by atoms with van der Waals surface area (Å²) in [4.78, 5) is 0. The van der Waals surface area contributed by atoms with E-state index in [-0.39, 0.29) is 23.5 Å². The second-order valence-corrected chi connectivity index (χ2v) is 6.76. The molecule has 2 N–H and O–H groups in total. The minimum absolute atomic E-state index is 0.0103. The van der Waals surface area contributed by atoms with Gasteiger partial charge in [0.15, 0.2) is 0 Å². The molecule has 0 radical (unpaired) electrons. The Morgan fingerprint density at radius 2 is 2.12 bits per heavy atom. The van der Waals surface area contributed by atoms with Crippen LogP contribution in [0.3, 0.4) is 0 Å². The fourth-order valence-electron chi connectivity index (χ4n) is 1.68. The van der Waals surface area contributed by atoms with Gasteiger partial charge in [0.25, 0.3) is 10.0 Å². The van der Waals surface area contributed by atoms with Crippen LogP contribution in [0.1, 0.15) is 18.6 Å². The highest BCUT2D eigenvalue weighted by Crippen LogP contribution is 2.20.